The minimum atomic E-state index is -0.196. The van der Waals surface area contributed by atoms with E-state index in [1.165, 1.54) is 50.2 Å². The van der Waals surface area contributed by atoms with Crippen molar-refractivity contribution in [3.8, 4) is 0 Å². The summed E-state index contributed by atoms with van der Waals surface area (Å²) in [6, 6.07) is 0. The van der Waals surface area contributed by atoms with E-state index in [1.807, 2.05) is 6.92 Å². The van der Waals surface area contributed by atoms with E-state index in [1.54, 1.807) is 0 Å². The Morgan fingerprint density at radius 3 is 2.56 bits per heavy atom. The second kappa shape index (κ2) is 6.76. The normalized spacial score (nSPS) is 45.7. The van der Waals surface area contributed by atoms with Crippen LogP contribution in [0, 0.1) is 28.6 Å². The van der Waals surface area contributed by atoms with E-state index in [0.717, 1.165) is 43.3 Å². The maximum atomic E-state index is 11.5. The summed E-state index contributed by atoms with van der Waals surface area (Å²) in [7, 11) is 0. The molecule has 0 spiro atoms. The Hall–Kier alpha value is -1.09. The van der Waals surface area contributed by atoms with Crippen LogP contribution in [0.25, 0.3) is 0 Å². The Kier molecular flexibility index (Phi) is 4.81. The highest BCUT2D eigenvalue weighted by atomic mass is 16.5. The third kappa shape index (κ3) is 3.01. The number of esters is 1. The van der Waals surface area contributed by atoms with E-state index < -0.39 is 0 Å². The van der Waals surface area contributed by atoms with Gasteiger partial charge in [-0.2, -0.15) is 0 Å². The quantitative estimate of drug-likeness (QED) is 0.373. The second-order valence-corrected chi connectivity index (χ2v) is 10.1. The number of hydrogen-bond donors (Lipinski definition) is 1. The topological polar surface area (TPSA) is 46.5 Å². The molecule has 4 aliphatic rings. The lowest BCUT2D eigenvalue weighted by Crippen LogP contribution is -2.52. The van der Waals surface area contributed by atoms with Gasteiger partial charge in [0, 0.05) is 6.92 Å². The fourth-order valence-corrected chi connectivity index (χ4v) is 7.51. The van der Waals surface area contributed by atoms with E-state index >= 15 is 0 Å². The molecule has 1 N–H and O–H groups in total. The molecule has 0 saturated heterocycles. The van der Waals surface area contributed by atoms with Crippen LogP contribution >= 0.6 is 0 Å². The van der Waals surface area contributed by atoms with Gasteiger partial charge in [-0.1, -0.05) is 25.5 Å². The molecule has 3 heteroatoms. The molecule has 0 radical (unpaired) electrons. The van der Waals surface area contributed by atoms with Crippen molar-refractivity contribution in [1.29, 1.82) is 0 Å². The summed E-state index contributed by atoms with van der Waals surface area (Å²) >= 11 is 0. The molecule has 3 nitrogen and oxygen atoms in total. The molecule has 6 atom stereocenters. The van der Waals surface area contributed by atoms with Crippen LogP contribution in [0.3, 0.4) is 0 Å². The first-order valence-electron chi connectivity index (χ1n) is 11.0. The highest BCUT2D eigenvalue weighted by molar-refractivity contribution is 5.67. The second-order valence-electron chi connectivity index (χ2n) is 10.1. The van der Waals surface area contributed by atoms with Crippen molar-refractivity contribution in [1.82, 2.24) is 0 Å². The molecule has 3 fully saturated rings. The first-order chi connectivity index (χ1) is 12.8. The number of carbonyl (C=O) groups excluding carboxylic acids is 1. The lowest BCUT2D eigenvalue weighted by Gasteiger charge is -2.60. The van der Waals surface area contributed by atoms with Gasteiger partial charge in [0.25, 0.3) is 0 Å². The van der Waals surface area contributed by atoms with Gasteiger partial charge in [-0.15, -0.1) is 0 Å². The summed E-state index contributed by atoms with van der Waals surface area (Å²) < 4.78 is 5.56. The molecular formula is C24H36O3. The predicted molar refractivity (Wildman–Crippen MR) is 107 cm³/mol. The van der Waals surface area contributed by atoms with Gasteiger partial charge in [0.1, 0.15) is 5.76 Å². The summed E-state index contributed by atoms with van der Waals surface area (Å²) in [4.78, 5) is 11.5. The number of aliphatic hydroxyl groups is 1. The van der Waals surface area contributed by atoms with Crippen molar-refractivity contribution < 1.29 is 14.6 Å². The van der Waals surface area contributed by atoms with Crippen molar-refractivity contribution in [2.24, 2.45) is 28.6 Å². The Balaban J connectivity index is 1.67. The largest absolute Gasteiger partial charge is 0.432 e. The Morgan fingerprint density at radius 2 is 1.81 bits per heavy atom. The van der Waals surface area contributed by atoms with Gasteiger partial charge in [0.2, 0.25) is 0 Å². The smallest absolute Gasteiger partial charge is 0.307 e. The third-order valence-electron chi connectivity index (χ3n) is 8.82. The maximum absolute atomic E-state index is 11.5. The molecule has 0 amide bonds. The van der Waals surface area contributed by atoms with Crippen LogP contribution < -0.4 is 0 Å². The molecule has 0 unspecified atom stereocenters. The Labute approximate surface area is 164 Å². The summed E-state index contributed by atoms with van der Waals surface area (Å²) in [5.74, 6) is 2.83. The summed E-state index contributed by atoms with van der Waals surface area (Å²) in [5.41, 5.74) is 3.41. The van der Waals surface area contributed by atoms with Gasteiger partial charge < -0.3 is 9.84 Å². The Morgan fingerprint density at radius 1 is 1.11 bits per heavy atom. The van der Waals surface area contributed by atoms with E-state index in [0.29, 0.717) is 5.92 Å². The summed E-state index contributed by atoms with van der Waals surface area (Å²) in [6.07, 6.45) is 12.6. The van der Waals surface area contributed by atoms with Crippen LogP contribution in [0.4, 0.5) is 0 Å². The number of aliphatic hydroxyl groups excluding tert-OH is 1. The number of fused-ring (bicyclic) bond motifs is 5. The minimum absolute atomic E-state index is 0.134. The van der Waals surface area contributed by atoms with Crippen LogP contribution in [0.1, 0.15) is 85.5 Å². The molecule has 27 heavy (non-hydrogen) atoms. The number of carbonyl (C=O) groups is 1. The number of hydrogen-bond acceptors (Lipinski definition) is 3. The summed E-state index contributed by atoms with van der Waals surface area (Å²) in [6.45, 7) is 8.43. The lowest BCUT2D eigenvalue weighted by atomic mass is 9.44. The predicted octanol–water partition coefficient (Wildman–Crippen LogP) is 5.54. The SMILES string of the molecule is CC(=O)O/C(C)=C1\CCC[C@H]2[C@@H]3CC=C4C[C@@H](O)CC[C@]4(C)[C@H]3CC[C@]12C. The Bertz CT molecular complexity index is 690. The molecule has 0 aliphatic heterocycles. The number of rotatable bonds is 1. The van der Waals surface area contributed by atoms with Crippen molar-refractivity contribution >= 4 is 5.97 Å². The molecule has 3 saturated carbocycles. The summed E-state index contributed by atoms with van der Waals surface area (Å²) in [5, 5.41) is 10.2. The highest BCUT2D eigenvalue weighted by Gasteiger charge is 2.56. The fraction of sp³-hybridized carbons (Fsp3) is 0.792. The van der Waals surface area contributed by atoms with Crippen molar-refractivity contribution in [2.45, 2.75) is 91.6 Å². The van der Waals surface area contributed by atoms with Gasteiger partial charge in [0.05, 0.1) is 6.10 Å². The zero-order valence-corrected chi connectivity index (χ0v) is 17.5. The minimum Gasteiger partial charge on any atom is -0.432 e. The average Bonchev–Trinajstić information content (AvgIpc) is 2.60. The lowest BCUT2D eigenvalue weighted by molar-refractivity contribution is -0.137. The van der Waals surface area contributed by atoms with Crippen LogP contribution in [0.5, 0.6) is 0 Å². The molecule has 0 bridgehead atoms. The monoisotopic (exact) mass is 372 g/mol. The van der Waals surface area contributed by atoms with E-state index in [4.69, 9.17) is 4.74 Å². The van der Waals surface area contributed by atoms with E-state index in [-0.39, 0.29) is 22.9 Å². The van der Waals surface area contributed by atoms with Crippen LogP contribution in [-0.2, 0) is 9.53 Å². The fourth-order valence-electron chi connectivity index (χ4n) is 7.51. The van der Waals surface area contributed by atoms with E-state index in [2.05, 4.69) is 19.9 Å². The van der Waals surface area contributed by atoms with Crippen LogP contribution in [0.15, 0.2) is 23.0 Å². The van der Waals surface area contributed by atoms with Crippen LogP contribution in [0.2, 0.25) is 0 Å². The van der Waals surface area contributed by atoms with Gasteiger partial charge in [-0.3, -0.25) is 4.79 Å². The zero-order chi connectivity index (χ0) is 19.4. The molecule has 0 heterocycles. The molecule has 0 aromatic rings. The van der Waals surface area contributed by atoms with Gasteiger partial charge >= 0.3 is 5.97 Å². The first-order valence-corrected chi connectivity index (χ1v) is 11.0. The zero-order valence-electron chi connectivity index (χ0n) is 17.5. The molecule has 0 aromatic heterocycles. The molecule has 4 aliphatic carbocycles. The number of ether oxygens (including phenoxy) is 1. The third-order valence-corrected chi connectivity index (χ3v) is 8.82. The van der Waals surface area contributed by atoms with Gasteiger partial charge in [-0.25, -0.2) is 0 Å². The molecule has 0 aromatic carbocycles. The standard InChI is InChI=1S/C24H36O3/c1-15(27-16(2)25)20-6-5-7-21-19-9-8-17-14-18(26)10-12-23(17,3)22(19)11-13-24(20,21)4/h8,18-19,21-22,26H,5-7,9-14H2,1-4H3/b20-15+/t18-,19-,21-,22-,23-,24+/m0/s1. The highest BCUT2D eigenvalue weighted by Crippen LogP contribution is 2.65. The average molecular weight is 373 g/mol. The molecular weight excluding hydrogens is 336 g/mol. The maximum Gasteiger partial charge on any atom is 0.307 e. The van der Waals surface area contributed by atoms with E-state index in [9.17, 15) is 9.90 Å². The first kappa shape index (κ1) is 19.2. The van der Waals surface area contributed by atoms with Crippen molar-refractivity contribution in [2.75, 3.05) is 0 Å². The van der Waals surface area contributed by atoms with Crippen molar-refractivity contribution in [3.63, 3.8) is 0 Å². The number of allylic oxidation sites excluding steroid dienone is 3. The van der Waals surface area contributed by atoms with Gasteiger partial charge in [-0.05, 0) is 98.9 Å². The molecule has 4 rings (SSSR count). The molecule has 150 valence electrons. The van der Waals surface area contributed by atoms with Crippen molar-refractivity contribution in [3.05, 3.63) is 23.0 Å². The van der Waals surface area contributed by atoms with Crippen LogP contribution in [-0.4, -0.2) is 17.2 Å². The van der Waals surface area contributed by atoms with Gasteiger partial charge in [0.15, 0.2) is 0 Å².